The van der Waals surface area contributed by atoms with Crippen molar-refractivity contribution in [3.63, 3.8) is 0 Å². The molecule has 0 fully saturated rings. The molecule has 0 rings (SSSR count). The van der Waals surface area contributed by atoms with Gasteiger partial charge in [-0.3, -0.25) is 5.43 Å². The molecule has 0 aliphatic heterocycles. The van der Waals surface area contributed by atoms with Crippen molar-refractivity contribution < 1.29 is 14.5 Å². The standard InChI is InChI=1S/C10H18N6O2S/c1-6(8(3)15-17)11-13-10(19-5)14-12-7(2)9(4)16-18/h17-18H,1-5H3,(H,13,14)/b11-6+,12-7+,15-8+,16-9+/i5D3. The van der Waals surface area contributed by atoms with Crippen LogP contribution in [0.25, 0.3) is 0 Å². The van der Waals surface area contributed by atoms with Crippen LogP contribution < -0.4 is 5.43 Å². The Bertz CT molecular complexity index is 539. The maximum absolute atomic E-state index is 8.62. The Hall–Kier alpha value is -1.90. The molecule has 0 aliphatic carbocycles. The van der Waals surface area contributed by atoms with Gasteiger partial charge >= 0.3 is 0 Å². The van der Waals surface area contributed by atoms with Crippen LogP contribution in [0.1, 0.15) is 31.8 Å². The van der Waals surface area contributed by atoms with Crippen LogP contribution in [0.15, 0.2) is 25.6 Å². The molecule has 106 valence electrons. The van der Waals surface area contributed by atoms with E-state index in [1.54, 1.807) is 13.8 Å². The lowest BCUT2D eigenvalue weighted by Crippen LogP contribution is -2.18. The van der Waals surface area contributed by atoms with Crippen LogP contribution in [0, 0.1) is 0 Å². The molecular formula is C10H18N6O2S. The van der Waals surface area contributed by atoms with Gasteiger partial charge in [0.2, 0.25) is 5.17 Å². The number of oxime groups is 2. The molecule has 0 aromatic heterocycles. The first-order chi connectivity index (χ1) is 10.1. The Morgan fingerprint density at radius 3 is 2.05 bits per heavy atom. The fraction of sp³-hybridized carbons (Fsp3) is 0.500. The maximum Gasteiger partial charge on any atom is 0.203 e. The summed E-state index contributed by atoms with van der Waals surface area (Å²) in [6.45, 7) is 6.16. The monoisotopic (exact) mass is 289 g/mol. The second kappa shape index (κ2) is 9.09. The minimum Gasteiger partial charge on any atom is -0.411 e. The van der Waals surface area contributed by atoms with Gasteiger partial charge in [-0.2, -0.15) is 10.2 Å². The molecule has 0 amide bonds. The van der Waals surface area contributed by atoms with Crippen LogP contribution >= 0.6 is 11.8 Å². The number of hydrazone groups is 1. The normalized spacial score (nSPS) is 18.7. The molecule has 0 saturated heterocycles. The fourth-order valence-electron chi connectivity index (χ4n) is 0.616. The lowest BCUT2D eigenvalue weighted by Gasteiger charge is -2.02. The first kappa shape index (κ1) is 12.2. The van der Waals surface area contributed by atoms with Gasteiger partial charge in [0.25, 0.3) is 0 Å². The molecule has 0 saturated carbocycles. The van der Waals surface area contributed by atoms with Gasteiger partial charge in [0.15, 0.2) is 0 Å². The molecule has 0 atom stereocenters. The van der Waals surface area contributed by atoms with E-state index in [4.69, 9.17) is 14.5 Å². The Kier molecular flexibility index (Phi) is 5.81. The van der Waals surface area contributed by atoms with Gasteiger partial charge in [0.1, 0.15) is 0 Å². The van der Waals surface area contributed by atoms with Crippen molar-refractivity contribution in [2.24, 2.45) is 25.6 Å². The molecule has 0 aliphatic rings. The van der Waals surface area contributed by atoms with E-state index in [-0.39, 0.29) is 16.6 Å². The Morgan fingerprint density at radius 1 is 0.947 bits per heavy atom. The smallest absolute Gasteiger partial charge is 0.203 e. The molecule has 0 aromatic rings. The average molecular weight is 289 g/mol. The van der Waals surface area contributed by atoms with Crippen molar-refractivity contribution in [3.8, 4) is 0 Å². The summed E-state index contributed by atoms with van der Waals surface area (Å²) in [5.41, 5.74) is 3.59. The zero-order valence-electron chi connectivity index (χ0n) is 14.0. The molecule has 0 radical (unpaired) electrons. The molecule has 0 aromatic carbocycles. The number of amidine groups is 1. The van der Waals surface area contributed by atoms with Crippen LogP contribution in [0.2, 0.25) is 0 Å². The van der Waals surface area contributed by atoms with Crippen molar-refractivity contribution in [1.82, 2.24) is 5.43 Å². The van der Waals surface area contributed by atoms with E-state index in [0.29, 0.717) is 23.2 Å². The third-order valence-electron chi connectivity index (χ3n) is 2.05. The fourth-order valence-corrected chi connectivity index (χ4v) is 0.789. The molecule has 3 N–H and O–H groups in total. The summed E-state index contributed by atoms with van der Waals surface area (Å²) in [5, 5.41) is 34.4. The van der Waals surface area contributed by atoms with Crippen LogP contribution in [0.3, 0.4) is 0 Å². The van der Waals surface area contributed by atoms with Crippen LogP contribution in [-0.4, -0.2) is 44.6 Å². The molecule has 0 heterocycles. The summed E-state index contributed by atoms with van der Waals surface area (Å²) in [4.78, 5) is 0. The predicted octanol–water partition coefficient (Wildman–Crippen LogP) is 1.75. The maximum atomic E-state index is 8.62. The summed E-state index contributed by atoms with van der Waals surface area (Å²) >= 11 is 0.444. The Balaban J connectivity index is 5.31. The summed E-state index contributed by atoms with van der Waals surface area (Å²) in [5.74, 6) is 0. The van der Waals surface area contributed by atoms with Crippen LogP contribution in [0.5, 0.6) is 0 Å². The number of rotatable bonds is 4. The van der Waals surface area contributed by atoms with Gasteiger partial charge in [-0.05, 0) is 33.9 Å². The first-order valence-corrected chi connectivity index (χ1v) is 5.92. The van der Waals surface area contributed by atoms with Crippen molar-refractivity contribution in [2.45, 2.75) is 27.7 Å². The predicted molar refractivity (Wildman–Crippen MR) is 80.1 cm³/mol. The minimum absolute atomic E-state index is 0.0878. The molecule has 8 nitrogen and oxygen atoms in total. The third-order valence-corrected chi connectivity index (χ3v) is 2.42. The molecule has 19 heavy (non-hydrogen) atoms. The van der Waals surface area contributed by atoms with E-state index in [1.165, 1.54) is 13.8 Å². The topological polar surface area (TPSA) is 114 Å². The quantitative estimate of drug-likeness (QED) is 0.316. The lowest BCUT2D eigenvalue weighted by molar-refractivity contribution is 0.319. The second-order valence-corrected chi connectivity index (χ2v) is 3.96. The van der Waals surface area contributed by atoms with Gasteiger partial charge in [0.05, 0.1) is 22.8 Å². The minimum atomic E-state index is -2.35. The van der Waals surface area contributed by atoms with E-state index in [0.717, 1.165) is 0 Å². The average Bonchev–Trinajstić information content (AvgIpc) is 2.45. The number of nitrogens with one attached hydrogen (secondary N) is 1. The molecule has 0 spiro atoms. The summed E-state index contributed by atoms with van der Waals surface area (Å²) in [6, 6.07) is 0. The number of hydrogen-bond donors (Lipinski definition) is 3. The van der Waals surface area contributed by atoms with E-state index in [2.05, 4.69) is 31.0 Å². The highest BCUT2D eigenvalue weighted by Crippen LogP contribution is 1.97. The summed E-state index contributed by atoms with van der Waals surface area (Å²) < 4.78 is 21.7. The highest BCUT2D eigenvalue weighted by atomic mass is 32.2. The second-order valence-electron chi connectivity index (χ2n) is 3.37. The van der Waals surface area contributed by atoms with E-state index >= 15 is 0 Å². The van der Waals surface area contributed by atoms with Crippen LogP contribution in [-0.2, 0) is 0 Å². The summed E-state index contributed by atoms with van der Waals surface area (Å²) in [7, 11) is 0. The highest BCUT2D eigenvalue weighted by molar-refractivity contribution is 8.13. The SMILES string of the molecule is [2H]C([2H])([2H])S\C(=N/N=C(C)/C(C)=N/O)N/N=C(C)/C(C)=N/O. The van der Waals surface area contributed by atoms with Gasteiger partial charge in [0, 0.05) is 4.11 Å². The lowest BCUT2D eigenvalue weighted by atomic mass is 10.3. The van der Waals surface area contributed by atoms with E-state index in [1.807, 2.05) is 0 Å². The van der Waals surface area contributed by atoms with E-state index in [9.17, 15) is 0 Å². The molecular weight excluding hydrogens is 268 g/mol. The summed E-state index contributed by atoms with van der Waals surface area (Å²) in [6.07, 6.45) is -2.35. The number of thioether (sulfide) groups is 1. The first-order valence-electron chi connectivity index (χ1n) is 6.60. The molecule has 9 heteroatoms. The van der Waals surface area contributed by atoms with E-state index < -0.39 is 6.18 Å². The number of nitrogens with zero attached hydrogens (tertiary/aromatic N) is 5. The third kappa shape index (κ3) is 6.55. The Labute approximate surface area is 120 Å². The number of hydrogen-bond acceptors (Lipinski definition) is 8. The van der Waals surface area contributed by atoms with Gasteiger partial charge < -0.3 is 10.4 Å². The largest absolute Gasteiger partial charge is 0.411 e. The van der Waals surface area contributed by atoms with Crippen LogP contribution in [0.4, 0.5) is 0 Å². The zero-order chi connectivity index (χ0) is 17.3. The van der Waals surface area contributed by atoms with Crippen molar-refractivity contribution in [2.75, 3.05) is 6.18 Å². The van der Waals surface area contributed by atoms with Crippen molar-refractivity contribution in [3.05, 3.63) is 0 Å². The van der Waals surface area contributed by atoms with Crippen molar-refractivity contribution in [1.29, 1.82) is 0 Å². The van der Waals surface area contributed by atoms with Crippen molar-refractivity contribution >= 4 is 39.8 Å². The molecule has 0 bridgehead atoms. The van der Waals surface area contributed by atoms with Gasteiger partial charge in [-0.1, -0.05) is 22.1 Å². The Morgan fingerprint density at radius 2 is 1.53 bits per heavy atom. The zero-order valence-corrected chi connectivity index (χ0v) is 11.9. The van der Waals surface area contributed by atoms with Gasteiger partial charge in [-0.15, -0.1) is 5.10 Å². The molecule has 0 unspecified atom stereocenters. The van der Waals surface area contributed by atoms with Gasteiger partial charge in [-0.25, -0.2) is 0 Å². The highest BCUT2D eigenvalue weighted by Gasteiger charge is 2.00.